The summed E-state index contributed by atoms with van der Waals surface area (Å²) in [5, 5.41) is 15.4. The molecule has 1 amide bonds. The largest absolute Gasteiger partial charge is 0.353 e. The molecule has 2 fully saturated rings. The zero-order valence-corrected chi connectivity index (χ0v) is 14.3. The van der Waals surface area contributed by atoms with E-state index in [1.54, 1.807) is 4.68 Å². The molecule has 1 saturated heterocycles. The number of piperidine rings is 1. The number of anilines is 1. The van der Waals surface area contributed by atoms with Gasteiger partial charge < -0.3 is 10.2 Å². The molecule has 25 heavy (non-hydrogen) atoms. The fourth-order valence-electron chi connectivity index (χ4n) is 3.85. The Balaban J connectivity index is 1.38. The summed E-state index contributed by atoms with van der Waals surface area (Å²) in [6.45, 7) is 1.60. The second-order valence-corrected chi connectivity index (χ2v) is 6.98. The van der Waals surface area contributed by atoms with E-state index in [0.717, 1.165) is 50.4 Å². The number of amides is 1. The van der Waals surface area contributed by atoms with Crippen LogP contribution < -0.4 is 10.2 Å². The summed E-state index contributed by atoms with van der Waals surface area (Å²) in [6.07, 6.45) is 6.45. The zero-order chi connectivity index (χ0) is 17.1. The lowest BCUT2D eigenvalue weighted by Crippen LogP contribution is -2.43. The van der Waals surface area contributed by atoms with Crippen LogP contribution in [0.4, 0.5) is 5.95 Å². The molecule has 0 bridgehead atoms. The molecule has 7 heteroatoms. The molecule has 2 heterocycles. The third kappa shape index (κ3) is 3.50. The first kappa shape index (κ1) is 16.1. The van der Waals surface area contributed by atoms with E-state index in [-0.39, 0.29) is 11.8 Å². The van der Waals surface area contributed by atoms with E-state index in [9.17, 15) is 4.79 Å². The lowest BCUT2D eigenvalue weighted by atomic mass is 9.95. The van der Waals surface area contributed by atoms with Crippen LogP contribution in [0.5, 0.6) is 0 Å². The Labute approximate surface area is 147 Å². The van der Waals surface area contributed by atoms with Gasteiger partial charge in [0.2, 0.25) is 11.9 Å². The van der Waals surface area contributed by atoms with Crippen molar-refractivity contribution in [1.82, 2.24) is 25.5 Å². The normalized spacial score (nSPS) is 19.3. The molecule has 2 aliphatic rings. The number of carbonyl (C=O) groups excluding carboxylic acids is 1. The number of tetrazole rings is 1. The van der Waals surface area contributed by atoms with E-state index in [4.69, 9.17) is 0 Å². The van der Waals surface area contributed by atoms with E-state index in [1.807, 2.05) is 30.3 Å². The first-order valence-electron chi connectivity index (χ1n) is 9.20. The monoisotopic (exact) mass is 340 g/mol. The smallest absolute Gasteiger partial charge is 0.250 e. The highest BCUT2D eigenvalue weighted by Gasteiger charge is 2.29. The standard InChI is InChI=1S/C18H24N6O/c25-17(19-15-6-4-5-7-15)14-10-12-23(13-11-14)18-20-21-22-24(18)16-8-2-1-3-9-16/h1-3,8-9,14-15H,4-7,10-13H2,(H,19,25). The summed E-state index contributed by atoms with van der Waals surface area (Å²) < 4.78 is 1.76. The number of hydrogen-bond donors (Lipinski definition) is 1. The maximum atomic E-state index is 12.5. The van der Waals surface area contributed by atoms with E-state index in [1.165, 1.54) is 12.8 Å². The van der Waals surface area contributed by atoms with E-state index >= 15 is 0 Å². The van der Waals surface area contributed by atoms with Gasteiger partial charge in [0.1, 0.15) is 0 Å². The molecule has 1 N–H and O–H groups in total. The summed E-state index contributed by atoms with van der Waals surface area (Å²) in [5.74, 6) is 1.09. The van der Waals surface area contributed by atoms with Crippen LogP contribution in [0.15, 0.2) is 30.3 Å². The van der Waals surface area contributed by atoms with Crippen molar-refractivity contribution < 1.29 is 4.79 Å². The Kier molecular flexibility index (Phi) is 4.63. The SMILES string of the molecule is O=C(NC1CCCC1)C1CCN(c2nnnn2-c2ccccc2)CC1. The maximum absolute atomic E-state index is 12.5. The predicted octanol–water partition coefficient (Wildman–Crippen LogP) is 1.94. The molecule has 1 aliphatic heterocycles. The van der Waals surface area contributed by atoms with E-state index in [2.05, 4.69) is 25.7 Å². The topological polar surface area (TPSA) is 75.9 Å². The van der Waals surface area contributed by atoms with Crippen molar-refractivity contribution in [2.75, 3.05) is 18.0 Å². The van der Waals surface area contributed by atoms with Crippen molar-refractivity contribution in [1.29, 1.82) is 0 Å². The molecule has 1 saturated carbocycles. The second kappa shape index (κ2) is 7.21. The summed E-state index contributed by atoms with van der Waals surface area (Å²) in [5.41, 5.74) is 0.948. The van der Waals surface area contributed by atoms with Crippen LogP contribution in [-0.4, -0.2) is 45.2 Å². The number of carbonyl (C=O) groups is 1. The molecule has 7 nitrogen and oxygen atoms in total. The van der Waals surface area contributed by atoms with Crippen molar-refractivity contribution in [2.24, 2.45) is 5.92 Å². The Hall–Kier alpha value is -2.44. The van der Waals surface area contributed by atoms with Gasteiger partial charge in [-0.3, -0.25) is 4.79 Å². The first-order chi connectivity index (χ1) is 12.3. The number of aromatic nitrogens is 4. The Bertz CT molecular complexity index is 701. The van der Waals surface area contributed by atoms with Crippen molar-refractivity contribution in [3.05, 3.63) is 30.3 Å². The van der Waals surface area contributed by atoms with Gasteiger partial charge >= 0.3 is 0 Å². The fourth-order valence-corrected chi connectivity index (χ4v) is 3.85. The van der Waals surface area contributed by atoms with Gasteiger partial charge in [-0.05, 0) is 48.2 Å². The minimum atomic E-state index is 0.109. The van der Waals surface area contributed by atoms with E-state index in [0.29, 0.717) is 6.04 Å². The summed E-state index contributed by atoms with van der Waals surface area (Å²) in [6, 6.07) is 10.3. The van der Waals surface area contributed by atoms with Gasteiger partial charge in [-0.25, -0.2) is 0 Å². The van der Waals surface area contributed by atoms with Crippen molar-refractivity contribution in [2.45, 2.75) is 44.6 Å². The second-order valence-electron chi connectivity index (χ2n) is 6.98. The van der Waals surface area contributed by atoms with Gasteiger partial charge in [0.15, 0.2) is 0 Å². The molecular formula is C18H24N6O. The van der Waals surface area contributed by atoms with Gasteiger partial charge in [0.05, 0.1) is 5.69 Å². The number of hydrogen-bond acceptors (Lipinski definition) is 5. The molecule has 2 aromatic rings. The van der Waals surface area contributed by atoms with E-state index < -0.39 is 0 Å². The minimum absolute atomic E-state index is 0.109. The summed E-state index contributed by atoms with van der Waals surface area (Å²) in [7, 11) is 0. The van der Waals surface area contributed by atoms with Gasteiger partial charge in [-0.2, -0.15) is 4.68 Å². The third-order valence-corrected chi connectivity index (χ3v) is 5.30. The summed E-state index contributed by atoms with van der Waals surface area (Å²) >= 11 is 0. The number of para-hydroxylation sites is 1. The van der Waals surface area contributed by atoms with Crippen molar-refractivity contribution >= 4 is 11.9 Å². The number of rotatable bonds is 4. The predicted molar refractivity (Wildman–Crippen MR) is 94.5 cm³/mol. The van der Waals surface area contributed by atoms with Crippen LogP contribution in [0.1, 0.15) is 38.5 Å². The lowest BCUT2D eigenvalue weighted by Gasteiger charge is -2.32. The average Bonchev–Trinajstić information content (AvgIpc) is 3.34. The van der Waals surface area contributed by atoms with Gasteiger partial charge in [0, 0.05) is 25.0 Å². The quantitative estimate of drug-likeness (QED) is 0.920. The number of benzene rings is 1. The molecule has 0 unspecified atom stereocenters. The first-order valence-corrected chi connectivity index (χ1v) is 9.20. The van der Waals surface area contributed by atoms with Crippen LogP contribution in [0, 0.1) is 5.92 Å². The van der Waals surface area contributed by atoms with Crippen molar-refractivity contribution in [3.8, 4) is 5.69 Å². The minimum Gasteiger partial charge on any atom is -0.353 e. The van der Waals surface area contributed by atoms with Gasteiger partial charge in [0.25, 0.3) is 0 Å². The van der Waals surface area contributed by atoms with Crippen LogP contribution in [-0.2, 0) is 4.79 Å². The zero-order valence-electron chi connectivity index (χ0n) is 14.3. The maximum Gasteiger partial charge on any atom is 0.250 e. The van der Waals surface area contributed by atoms with Crippen molar-refractivity contribution in [3.63, 3.8) is 0 Å². The van der Waals surface area contributed by atoms with Crippen LogP contribution in [0.3, 0.4) is 0 Å². The molecule has 0 atom stereocenters. The number of nitrogens with one attached hydrogen (secondary N) is 1. The number of nitrogens with zero attached hydrogens (tertiary/aromatic N) is 5. The fraction of sp³-hybridized carbons (Fsp3) is 0.556. The average molecular weight is 340 g/mol. The van der Waals surface area contributed by atoms with Gasteiger partial charge in [-0.1, -0.05) is 36.1 Å². The molecule has 4 rings (SSSR count). The highest BCUT2D eigenvalue weighted by molar-refractivity contribution is 5.79. The molecule has 0 radical (unpaired) electrons. The molecule has 1 aromatic carbocycles. The molecular weight excluding hydrogens is 316 g/mol. The highest BCUT2D eigenvalue weighted by Crippen LogP contribution is 2.24. The highest BCUT2D eigenvalue weighted by atomic mass is 16.2. The Morgan fingerprint density at radius 3 is 2.48 bits per heavy atom. The molecule has 1 aliphatic carbocycles. The van der Waals surface area contributed by atoms with Gasteiger partial charge in [-0.15, -0.1) is 0 Å². The molecule has 1 aromatic heterocycles. The van der Waals surface area contributed by atoms with Crippen LogP contribution >= 0.6 is 0 Å². The van der Waals surface area contributed by atoms with Crippen LogP contribution in [0.25, 0.3) is 5.69 Å². The molecule has 132 valence electrons. The molecule has 0 spiro atoms. The Morgan fingerprint density at radius 2 is 1.76 bits per heavy atom. The Morgan fingerprint density at radius 1 is 1.04 bits per heavy atom. The lowest BCUT2D eigenvalue weighted by molar-refractivity contribution is -0.126. The third-order valence-electron chi connectivity index (χ3n) is 5.30. The van der Waals surface area contributed by atoms with Crippen LogP contribution in [0.2, 0.25) is 0 Å². The summed E-state index contributed by atoms with van der Waals surface area (Å²) in [4.78, 5) is 14.6.